The minimum atomic E-state index is -2.62. The number of alkyl halides is 3. The summed E-state index contributed by atoms with van der Waals surface area (Å²) in [6, 6.07) is 0. The first-order valence-electron chi connectivity index (χ1n) is 3.67. The fraction of sp³-hybridized carbons (Fsp3) is 1.00. The molecule has 0 N–H and O–H groups in total. The van der Waals surface area contributed by atoms with Crippen LogP contribution >= 0.6 is 15.9 Å². The van der Waals surface area contributed by atoms with E-state index in [1.807, 2.05) is 0 Å². The van der Waals surface area contributed by atoms with Crippen LogP contribution < -0.4 is 0 Å². The highest BCUT2D eigenvalue weighted by molar-refractivity contribution is 9.10. The number of halogens is 3. The zero-order valence-electron chi connectivity index (χ0n) is 5.75. The molecule has 0 unspecified atom stereocenters. The summed E-state index contributed by atoms with van der Waals surface area (Å²) in [4.78, 5) is -2.62. The van der Waals surface area contributed by atoms with Gasteiger partial charge in [-0.1, -0.05) is 19.3 Å². The molecule has 0 aromatic carbocycles. The highest BCUT2D eigenvalue weighted by atomic mass is 79.9. The molecular formula is C7H11BrF2. The Labute approximate surface area is 68.1 Å². The summed E-state index contributed by atoms with van der Waals surface area (Å²) in [5.41, 5.74) is 0. The third-order valence-corrected chi connectivity index (χ3v) is 2.72. The summed E-state index contributed by atoms with van der Waals surface area (Å²) in [5.74, 6) is -0.416. The van der Waals surface area contributed by atoms with Crippen molar-refractivity contribution in [1.29, 1.82) is 0 Å². The molecule has 0 spiro atoms. The minimum absolute atomic E-state index is 0.416. The number of hydrogen-bond acceptors (Lipinski definition) is 0. The van der Waals surface area contributed by atoms with Crippen molar-refractivity contribution in [3.63, 3.8) is 0 Å². The van der Waals surface area contributed by atoms with Crippen molar-refractivity contribution < 1.29 is 8.78 Å². The summed E-state index contributed by atoms with van der Waals surface area (Å²) in [7, 11) is 0. The zero-order chi connectivity index (χ0) is 7.61. The second-order valence-corrected chi connectivity index (χ2v) is 3.93. The molecule has 1 rings (SSSR count). The molecule has 0 saturated heterocycles. The van der Waals surface area contributed by atoms with Crippen LogP contribution in [0.4, 0.5) is 8.78 Å². The van der Waals surface area contributed by atoms with Crippen molar-refractivity contribution in [1.82, 2.24) is 0 Å². The van der Waals surface area contributed by atoms with Crippen molar-refractivity contribution in [2.45, 2.75) is 36.9 Å². The first-order chi connectivity index (χ1) is 4.61. The van der Waals surface area contributed by atoms with Crippen molar-refractivity contribution in [3.05, 3.63) is 0 Å². The van der Waals surface area contributed by atoms with Crippen LogP contribution in [0.5, 0.6) is 0 Å². The smallest absolute Gasteiger partial charge is 0.193 e. The Balaban J connectivity index is 2.39. The van der Waals surface area contributed by atoms with Crippen LogP contribution in [0, 0.1) is 5.92 Å². The molecule has 0 amide bonds. The summed E-state index contributed by atoms with van der Waals surface area (Å²) >= 11 is 2.41. The predicted molar refractivity (Wildman–Crippen MR) is 40.4 cm³/mol. The van der Waals surface area contributed by atoms with E-state index >= 15 is 0 Å². The highest BCUT2D eigenvalue weighted by Gasteiger charge is 2.36. The van der Waals surface area contributed by atoms with E-state index < -0.39 is 10.7 Å². The van der Waals surface area contributed by atoms with Gasteiger partial charge in [0.05, 0.1) is 0 Å². The van der Waals surface area contributed by atoms with Crippen LogP contribution in [0.1, 0.15) is 32.1 Å². The van der Waals surface area contributed by atoms with Gasteiger partial charge in [0.15, 0.2) is 0 Å². The molecule has 1 saturated carbocycles. The Morgan fingerprint density at radius 1 is 1.10 bits per heavy atom. The van der Waals surface area contributed by atoms with Gasteiger partial charge in [-0.2, -0.15) is 8.78 Å². The monoisotopic (exact) mass is 212 g/mol. The largest absolute Gasteiger partial charge is 0.304 e. The van der Waals surface area contributed by atoms with Gasteiger partial charge in [0, 0.05) is 5.92 Å². The minimum Gasteiger partial charge on any atom is -0.193 e. The van der Waals surface area contributed by atoms with Crippen molar-refractivity contribution >= 4 is 15.9 Å². The van der Waals surface area contributed by atoms with Gasteiger partial charge in [0.2, 0.25) is 0 Å². The Hall–Kier alpha value is 0.340. The zero-order valence-corrected chi connectivity index (χ0v) is 7.33. The molecule has 1 aliphatic rings. The van der Waals surface area contributed by atoms with Crippen LogP contribution in [0.3, 0.4) is 0 Å². The molecule has 0 radical (unpaired) electrons. The van der Waals surface area contributed by atoms with Crippen molar-refractivity contribution in [2.75, 3.05) is 0 Å². The van der Waals surface area contributed by atoms with Crippen LogP contribution in [0.25, 0.3) is 0 Å². The van der Waals surface area contributed by atoms with E-state index in [0.29, 0.717) is 12.8 Å². The van der Waals surface area contributed by atoms with E-state index in [1.165, 1.54) is 0 Å². The molecule has 60 valence electrons. The van der Waals surface area contributed by atoms with E-state index in [9.17, 15) is 8.78 Å². The molecule has 0 nitrogen and oxygen atoms in total. The molecular weight excluding hydrogens is 202 g/mol. The fourth-order valence-corrected chi connectivity index (χ4v) is 1.89. The van der Waals surface area contributed by atoms with Crippen LogP contribution in [0.15, 0.2) is 0 Å². The van der Waals surface area contributed by atoms with Gasteiger partial charge in [-0.15, -0.1) is 0 Å². The molecule has 3 heteroatoms. The first-order valence-corrected chi connectivity index (χ1v) is 4.47. The topological polar surface area (TPSA) is 0 Å². The normalized spacial score (nSPS) is 23.1. The lowest BCUT2D eigenvalue weighted by molar-refractivity contribution is 0.0271. The Kier molecular flexibility index (Phi) is 2.67. The average Bonchev–Trinajstić information content (AvgIpc) is 1.88. The van der Waals surface area contributed by atoms with Gasteiger partial charge >= 0.3 is 4.83 Å². The van der Waals surface area contributed by atoms with E-state index in [-0.39, 0.29) is 0 Å². The van der Waals surface area contributed by atoms with Gasteiger partial charge in [-0.3, -0.25) is 0 Å². The SMILES string of the molecule is FC(F)(Br)C1CCCCC1. The summed E-state index contributed by atoms with van der Waals surface area (Å²) in [6.07, 6.45) is 4.41. The van der Waals surface area contributed by atoms with Crippen molar-refractivity contribution in [2.24, 2.45) is 5.92 Å². The third-order valence-electron chi connectivity index (χ3n) is 2.07. The molecule has 0 atom stereocenters. The second-order valence-electron chi connectivity index (χ2n) is 2.88. The molecule has 0 aliphatic heterocycles. The van der Waals surface area contributed by atoms with E-state index in [0.717, 1.165) is 19.3 Å². The summed E-state index contributed by atoms with van der Waals surface area (Å²) < 4.78 is 25.0. The predicted octanol–water partition coefficient (Wildman–Crippen LogP) is 3.55. The number of hydrogen-bond donors (Lipinski definition) is 0. The van der Waals surface area contributed by atoms with E-state index in [4.69, 9.17) is 0 Å². The maximum atomic E-state index is 12.5. The first kappa shape index (κ1) is 8.44. The van der Waals surface area contributed by atoms with Gasteiger partial charge in [0.25, 0.3) is 0 Å². The molecule has 1 aliphatic carbocycles. The van der Waals surface area contributed by atoms with Crippen LogP contribution in [0.2, 0.25) is 0 Å². The Bertz CT molecular complexity index is 103. The highest BCUT2D eigenvalue weighted by Crippen LogP contribution is 2.40. The number of rotatable bonds is 1. The van der Waals surface area contributed by atoms with E-state index in [1.54, 1.807) is 0 Å². The van der Waals surface area contributed by atoms with Crippen LogP contribution in [-0.4, -0.2) is 4.83 Å². The quantitative estimate of drug-likeness (QED) is 0.584. The average molecular weight is 213 g/mol. The van der Waals surface area contributed by atoms with Gasteiger partial charge < -0.3 is 0 Å². The molecule has 0 aromatic rings. The van der Waals surface area contributed by atoms with E-state index in [2.05, 4.69) is 15.9 Å². The lowest BCUT2D eigenvalue weighted by atomic mass is 9.90. The third kappa shape index (κ3) is 2.19. The molecule has 1 fully saturated rings. The second kappa shape index (κ2) is 3.16. The Morgan fingerprint density at radius 2 is 1.60 bits per heavy atom. The van der Waals surface area contributed by atoms with Crippen molar-refractivity contribution in [3.8, 4) is 0 Å². The summed E-state index contributed by atoms with van der Waals surface area (Å²) in [5, 5.41) is 0. The molecule has 10 heavy (non-hydrogen) atoms. The molecule has 0 bridgehead atoms. The lowest BCUT2D eigenvalue weighted by Gasteiger charge is -2.25. The fourth-order valence-electron chi connectivity index (χ4n) is 1.43. The molecule has 0 heterocycles. The maximum absolute atomic E-state index is 12.5. The van der Waals surface area contributed by atoms with Gasteiger partial charge in [-0.05, 0) is 28.8 Å². The summed E-state index contributed by atoms with van der Waals surface area (Å²) in [6.45, 7) is 0. The van der Waals surface area contributed by atoms with Gasteiger partial charge in [0.1, 0.15) is 0 Å². The van der Waals surface area contributed by atoms with Gasteiger partial charge in [-0.25, -0.2) is 0 Å². The standard InChI is InChI=1S/C7H11BrF2/c8-7(9,10)6-4-2-1-3-5-6/h6H,1-5H2. The maximum Gasteiger partial charge on any atom is 0.304 e. The lowest BCUT2D eigenvalue weighted by Crippen LogP contribution is -2.23. The molecule has 0 aromatic heterocycles. The van der Waals surface area contributed by atoms with Crippen LogP contribution in [-0.2, 0) is 0 Å². The Morgan fingerprint density at radius 3 is 1.90 bits per heavy atom.